The largest absolute Gasteiger partial charge is 0.434 e. The third-order valence-electron chi connectivity index (χ3n) is 3.77. The normalized spacial score (nSPS) is 13.9. The van der Waals surface area contributed by atoms with Crippen LogP contribution in [0.1, 0.15) is 12.0 Å². The second-order valence-corrected chi connectivity index (χ2v) is 5.58. The van der Waals surface area contributed by atoms with E-state index in [0.717, 1.165) is 18.6 Å². The van der Waals surface area contributed by atoms with Gasteiger partial charge in [-0.1, -0.05) is 0 Å². The molecule has 2 heterocycles. The molecule has 1 aromatic heterocycles. The average molecular weight is 369 g/mol. The van der Waals surface area contributed by atoms with E-state index >= 15 is 0 Å². The topological polar surface area (TPSA) is 96.5 Å². The molecule has 1 aliphatic rings. The van der Waals surface area contributed by atoms with Gasteiger partial charge in [-0.25, -0.2) is 4.79 Å². The highest BCUT2D eigenvalue weighted by Crippen LogP contribution is 2.32. The van der Waals surface area contributed by atoms with Crippen LogP contribution in [0.4, 0.5) is 23.7 Å². The minimum Gasteiger partial charge on any atom is -0.374 e. The molecule has 0 aliphatic carbocycles. The van der Waals surface area contributed by atoms with Crippen LogP contribution in [-0.2, 0) is 15.8 Å². The molecule has 0 unspecified atom stereocenters. The van der Waals surface area contributed by atoms with Crippen molar-refractivity contribution in [3.8, 4) is 0 Å². The highest BCUT2D eigenvalue weighted by molar-refractivity contribution is 5.92. The van der Waals surface area contributed by atoms with E-state index in [2.05, 4.69) is 20.4 Å². The third kappa shape index (κ3) is 3.92. The maximum atomic E-state index is 12.9. The van der Waals surface area contributed by atoms with E-state index in [1.807, 2.05) is 5.48 Å². The lowest BCUT2D eigenvalue weighted by atomic mass is 10.1. The first-order valence-electron chi connectivity index (χ1n) is 7.66. The first-order valence-corrected chi connectivity index (χ1v) is 7.66. The Bertz CT molecular complexity index is 839. The number of anilines is 1. The zero-order valence-corrected chi connectivity index (χ0v) is 13.3. The van der Waals surface area contributed by atoms with E-state index in [9.17, 15) is 22.8 Å². The lowest BCUT2D eigenvalue weighted by molar-refractivity contribution is -0.137. The Labute approximate surface area is 145 Å². The summed E-state index contributed by atoms with van der Waals surface area (Å²) in [5.41, 5.74) is 1.58. The summed E-state index contributed by atoms with van der Waals surface area (Å²) in [4.78, 5) is 29.2. The fourth-order valence-electron chi connectivity index (χ4n) is 2.25. The van der Waals surface area contributed by atoms with Crippen molar-refractivity contribution in [3.63, 3.8) is 0 Å². The van der Waals surface area contributed by atoms with Crippen LogP contribution in [0.15, 0.2) is 24.4 Å². The number of benzene rings is 1. The van der Waals surface area contributed by atoms with Crippen LogP contribution in [0.2, 0.25) is 0 Å². The molecule has 26 heavy (non-hydrogen) atoms. The maximum Gasteiger partial charge on any atom is 0.434 e. The van der Waals surface area contributed by atoms with Gasteiger partial charge in [0.1, 0.15) is 0 Å². The summed E-state index contributed by atoms with van der Waals surface area (Å²) in [6.45, 7) is 0.816. The van der Waals surface area contributed by atoms with Gasteiger partial charge in [0.2, 0.25) is 0 Å². The summed E-state index contributed by atoms with van der Waals surface area (Å²) in [6, 6.07) is 3.03. The number of hydroxylamine groups is 1. The van der Waals surface area contributed by atoms with E-state index < -0.39 is 23.7 Å². The molecular formula is C15H14F3N5O3. The van der Waals surface area contributed by atoms with Gasteiger partial charge in [0, 0.05) is 18.5 Å². The number of aromatic nitrogens is 2. The lowest BCUT2D eigenvalue weighted by Gasteiger charge is -2.29. The molecule has 1 saturated heterocycles. The maximum absolute atomic E-state index is 12.9. The van der Waals surface area contributed by atoms with Crippen LogP contribution in [0.5, 0.6) is 0 Å². The summed E-state index contributed by atoms with van der Waals surface area (Å²) in [7, 11) is 0. The Morgan fingerprint density at radius 1 is 1.27 bits per heavy atom. The number of carbonyl (C=O) groups excluding carboxylic acids is 2. The molecule has 0 radical (unpaired) electrons. The highest BCUT2D eigenvalue weighted by atomic mass is 19.4. The van der Waals surface area contributed by atoms with Crippen molar-refractivity contribution in [1.82, 2.24) is 20.6 Å². The number of halogens is 3. The number of hydrogen-bond acceptors (Lipinski definition) is 6. The Morgan fingerprint density at radius 3 is 2.69 bits per heavy atom. The SMILES string of the molecule is O=C(CNc1cnnc2ccc(C(F)(F)F)cc12)NOC(=O)N1CCC1. The van der Waals surface area contributed by atoms with Gasteiger partial charge in [0.05, 0.1) is 29.5 Å². The van der Waals surface area contributed by atoms with Crippen LogP contribution >= 0.6 is 0 Å². The predicted molar refractivity (Wildman–Crippen MR) is 83.8 cm³/mol. The summed E-state index contributed by atoms with van der Waals surface area (Å²) in [6.07, 6.45) is -3.07. The number of carbonyl (C=O) groups is 2. The molecule has 2 amide bonds. The monoisotopic (exact) mass is 369 g/mol. The molecule has 1 aromatic carbocycles. The molecule has 8 nitrogen and oxygen atoms in total. The highest BCUT2D eigenvalue weighted by Gasteiger charge is 2.30. The summed E-state index contributed by atoms with van der Waals surface area (Å²) in [5.74, 6) is -0.671. The van der Waals surface area contributed by atoms with E-state index in [-0.39, 0.29) is 23.1 Å². The molecule has 2 aromatic rings. The number of hydrogen-bond donors (Lipinski definition) is 2. The predicted octanol–water partition coefficient (Wildman–Crippen LogP) is 1.93. The van der Waals surface area contributed by atoms with Crippen LogP contribution < -0.4 is 10.8 Å². The Kier molecular flexibility index (Phi) is 4.78. The molecule has 2 N–H and O–H groups in total. The quantitative estimate of drug-likeness (QED) is 0.803. The van der Waals surface area contributed by atoms with Crippen molar-refractivity contribution >= 4 is 28.6 Å². The van der Waals surface area contributed by atoms with Gasteiger partial charge >= 0.3 is 12.3 Å². The first-order chi connectivity index (χ1) is 12.3. The number of alkyl halides is 3. The second kappa shape index (κ2) is 7.02. The number of fused-ring (bicyclic) bond motifs is 1. The number of amides is 2. The Hall–Kier alpha value is -3.11. The van der Waals surface area contributed by atoms with Crippen LogP contribution in [0, 0.1) is 0 Å². The van der Waals surface area contributed by atoms with E-state index in [1.54, 1.807) is 0 Å². The van der Waals surface area contributed by atoms with Crippen LogP contribution in [0.25, 0.3) is 10.9 Å². The van der Waals surface area contributed by atoms with Gasteiger partial charge in [-0.15, -0.1) is 0 Å². The Balaban J connectivity index is 1.64. The van der Waals surface area contributed by atoms with E-state index in [0.29, 0.717) is 13.1 Å². The average Bonchev–Trinajstić information content (AvgIpc) is 2.55. The van der Waals surface area contributed by atoms with E-state index in [1.165, 1.54) is 17.2 Å². The number of likely N-dealkylation sites (tertiary alicyclic amines) is 1. The van der Waals surface area contributed by atoms with E-state index in [4.69, 9.17) is 0 Å². The minimum atomic E-state index is -4.50. The number of nitrogens with one attached hydrogen (secondary N) is 2. The molecule has 138 valence electrons. The van der Waals surface area contributed by atoms with Crippen molar-refractivity contribution in [3.05, 3.63) is 30.0 Å². The number of nitrogens with zero attached hydrogens (tertiary/aromatic N) is 3. The first kappa shape index (κ1) is 17.7. The molecule has 0 saturated carbocycles. The smallest absolute Gasteiger partial charge is 0.374 e. The lowest BCUT2D eigenvalue weighted by Crippen LogP contribution is -2.45. The zero-order chi connectivity index (χ0) is 18.7. The van der Waals surface area contributed by atoms with Crippen LogP contribution in [0.3, 0.4) is 0 Å². The van der Waals surface area contributed by atoms with Gasteiger partial charge in [-0.3, -0.25) is 4.79 Å². The van der Waals surface area contributed by atoms with Crippen molar-refractivity contribution in [2.45, 2.75) is 12.6 Å². The fourth-order valence-corrected chi connectivity index (χ4v) is 2.25. The standard InChI is InChI=1S/C15H14F3N5O3/c16-15(17,18)9-2-3-11-10(6-9)12(7-20-21-11)19-8-13(24)22-26-14(25)23-4-1-5-23/h2-3,6-7H,1,4-5,8H2,(H,19,21)(H,22,24). The molecular weight excluding hydrogens is 355 g/mol. The molecule has 1 aliphatic heterocycles. The molecule has 3 rings (SSSR count). The minimum absolute atomic E-state index is 0.167. The van der Waals surface area contributed by atoms with Gasteiger partial charge in [0.15, 0.2) is 0 Å². The van der Waals surface area contributed by atoms with Gasteiger partial charge < -0.3 is 15.1 Å². The molecule has 0 bridgehead atoms. The van der Waals surface area contributed by atoms with Crippen molar-refractivity contribution in [2.75, 3.05) is 25.0 Å². The zero-order valence-electron chi connectivity index (χ0n) is 13.3. The summed E-state index contributed by atoms with van der Waals surface area (Å²) >= 11 is 0. The molecule has 1 fully saturated rings. The third-order valence-corrected chi connectivity index (χ3v) is 3.77. The molecule has 0 spiro atoms. The van der Waals surface area contributed by atoms with Crippen molar-refractivity contribution < 1.29 is 27.6 Å². The summed E-state index contributed by atoms with van der Waals surface area (Å²) in [5, 5.41) is 10.3. The Morgan fingerprint density at radius 2 is 2.04 bits per heavy atom. The molecule has 11 heteroatoms. The fraction of sp³-hybridized carbons (Fsp3) is 0.333. The summed E-state index contributed by atoms with van der Waals surface area (Å²) < 4.78 is 38.6. The number of rotatable bonds is 3. The van der Waals surface area contributed by atoms with Crippen molar-refractivity contribution in [2.24, 2.45) is 0 Å². The molecule has 0 atom stereocenters. The van der Waals surface area contributed by atoms with Crippen LogP contribution in [-0.4, -0.2) is 46.7 Å². The van der Waals surface area contributed by atoms with Crippen molar-refractivity contribution in [1.29, 1.82) is 0 Å². The second-order valence-electron chi connectivity index (χ2n) is 5.58. The van der Waals surface area contributed by atoms with Gasteiger partial charge in [0.25, 0.3) is 5.91 Å². The van der Waals surface area contributed by atoms with Gasteiger partial charge in [-0.05, 0) is 24.6 Å². The van der Waals surface area contributed by atoms with Gasteiger partial charge in [-0.2, -0.15) is 28.8 Å².